The molecule has 0 aliphatic heterocycles. The number of hydrogen-bond donors (Lipinski definition) is 1. The molecule has 1 nitrogen and oxygen atoms in total. The second-order valence-corrected chi connectivity index (χ2v) is 5.69. The Kier molecular flexibility index (Phi) is 5.63. The molecule has 2 aromatic rings. The zero-order valence-corrected chi connectivity index (χ0v) is 13.0. The van der Waals surface area contributed by atoms with Crippen LogP contribution in [0.3, 0.4) is 0 Å². The SMILES string of the molecule is Cc1cccc([C@@H](C)NCCCc2ccccc2Cl)c1. The van der Waals surface area contributed by atoms with Gasteiger partial charge in [0.1, 0.15) is 0 Å². The van der Waals surface area contributed by atoms with Crippen LogP contribution in [-0.4, -0.2) is 6.54 Å². The van der Waals surface area contributed by atoms with E-state index in [2.05, 4.69) is 49.5 Å². The predicted molar refractivity (Wildman–Crippen MR) is 87.4 cm³/mol. The minimum atomic E-state index is 0.390. The van der Waals surface area contributed by atoms with Crippen LogP contribution < -0.4 is 5.32 Å². The van der Waals surface area contributed by atoms with Gasteiger partial charge >= 0.3 is 0 Å². The lowest BCUT2D eigenvalue weighted by molar-refractivity contribution is 0.558. The number of benzene rings is 2. The minimum absolute atomic E-state index is 0.390. The average molecular weight is 288 g/mol. The van der Waals surface area contributed by atoms with E-state index in [4.69, 9.17) is 11.6 Å². The molecule has 0 heterocycles. The molecule has 0 aliphatic carbocycles. The van der Waals surface area contributed by atoms with E-state index in [0.29, 0.717) is 6.04 Å². The number of hydrogen-bond acceptors (Lipinski definition) is 1. The molecule has 106 valence electrons. The van der Waals surface area contributed by atoms with Gasteiger partial charge in [0.25, 0.3) is 0 Å². The third kappa shape index (κ3) is 4.36. The van der Waals surface area contributed by atoms with Crippen molar-refractivity contribution in [1.82, 2.24) is 5.32 Å². The van der Waals surface area contributed by atoms with Gasteiger partial charge in [0.05, 0.1) is 0 Å². The highest BCUT2D eigenvalue weighted by Gasteiger charge is 2.04. The quantitative estimate of drug-likeness (QED) is 0.743. The van der Waals surface area contributed by atoms with Gasteiger partial charge in [0.2, 0.25) is 0 Å². The molecule has 0 amide bonds. The molecular formula is C18H22ClN. The molecule has 0 saturated carbocycles. The van der Waals surface area contributed by atoms with Crippen molar-refractivity contribution < 1.29 is 0 Å². The Morgan fingerprint density at radius 3 is 2.65 bits per heavy atom. The molecular weight excluding hydrogens is 266 g/mol. The Morgan fingerprint density at radius 2 is 1.90 bits per heavy atom. The second-order valence-electron chi connectivity index (χ2n) is 5.28. The van der Waals surface area contributed by atoms with E-state index >= 15 is 0 Å². The molecule has 20 heavy (non-hydrogen) atoms. The number of halogens is 1. The number of rotatable bonds is 6. The maximum absolute atomic E-state index is 6.16. The third-order valence-electron chi connectivity index (χ3n) is 3.57. The second kappa shape index (κ2) is 7.47. The molecule has 0 saturated heterocycles. The van der Waals surface area contributed by atoms with Crippen LogP contribution in [0.1, 0.15) is 36.1 Å². The normalized spacial score (nSPS) is 12.3. The molecule has 2 rings (SSSR count). The van der Waals surface area contributed by atoms with E-state index in [1.54, 1.807) is 0 Å². The van der Waals surface area contributed by atoms with Gasteiger partial charge in [-0.05, 0) is 50.4 Å². The molecule has 0 radical (unpaired) electrons. The maximum atomic E-state index is 6.16. The molecule has 2 aromatic carbocycles. The van der Waals surface area contributed by atoms with Gasteiger partial charge < -0.3 is 5.32 Å². The summed E-state index contributed by atoms with van der Waals surface area (Å²) in [5.74, 6) is 0. The van der Waals surface area contributed by atoms with E-state index in [0.717, 1.165) is 24.4 Å². The monoisotopic (exact) mass is 287 g/mol. The van der Waals surface area contributed by atoms with Crippen LogP contribution in [0, 0.1) is 6.92 Å². The van der Waals surface area contributed by atoms with Crippen LogP contribution in [0.5, 0.6) is 0 Å². The van der Waals surface area contributed by atoms with E-state index in [1.807, 2.05) is 18.2 Å². The van der Waals surface area contributed by atoms with E-state index in [-0.39, 0.29) is 0 Å². The third-order valence-corrected chi connectivity index (χ3v) is 3.94. The van der Waals surface area contributed by atoms with Gasteiger partial charge in [-0.15, -0.1) is 0 Å². The van der Waals surface area contributed by atoms with Gasteiger partial charge in [-0.1, -0.05) is 59.6 Å². The lowest BCUT2D eigenvalue weighted by Gasteiger charge is -2.15. The Morgan fingerprint density at radius 1 is 1.10 bits per heavy atom. The van der Waals surface area contributed by atoms with E-state index < -0.39 is 0 Å². The first-order chi connectivity index (χ1) is 9.66. The Hall–Kier alpha value is -1.31. The molecule has 0 unspecified atom stereocenters. The first kappa shape index (κ1) is 15.1. The summed E-state index contributed by atoms with van der Waals surface area (Å²) in [5.41, 5.74) is 3.90. The van der Waals surface area contributed by atoms with Crippen molar-refractivity contribution in [2.75, 3.05) is 6.54 Å². The molecule has 0 aromatic heterocycles. The van der Waals surface area contributed by atoms with Crippen molar-refractivity contribution >= 4 is 11.6 Å². The van der Waals surface area contributed by atoms with Crippen molar-refractivity contribution in [3.8, 4) is 0 Å². The van der Waals surface area contributed by atoms with E-state index in [1.165, 1.54) is 16.7 Å². The fourth-order valence-electron chi connectivity index (χ4n) is 2.36. The lowest BCUT2D eigenvalue weighted by Crippen LogP contribution is -2.20. The molecule has 1 atom stereocenters. The highest BCUT2D eigenvalue weighted by molar-refractivity contribution is 6.31. The number of nitrogens with one attached hydrogen (secondary N) is 1. The van der Waals surface area contributed by atoms with Gasteiger partial charge in [0.15, 0.2) is 0 Å². The minimum Gasteiger partial charge on any atom is -0.310 e. The standard InChI is InChI=1S/C18H22ClN/c1-14-7-5-9-17(13-14)15(2)20-12-6-10-16-8-3-4-11-18(16)19/h3-5,7-9,11,13,15,20H,6,10,12H2,1-2H3/t15-/m1/s1. The van der Waals surface area contributed by atoms with Crippen molar-refractivity contribution in [1.29, 1.82) is 0 Å². The van der Waals surface area contributed by atoms with Crippen molar-refractivity contribution in [3.05, 3.63) is 70.2 Å². The number of aryl methyl sites for hydroxylation is 2. The predicted octanol–water partition coefficient (Wildman–Crippen LogP) is 4.93. The summed E-state index contributed by atoms with van der Waals surface area (Å²) in [6.45, 7) is 5.35. The topological polar surface area (TPSA) is 12.0 Å². The van der Waals surface area contributed by atoms with Crippen molar-refractivity contribution in [2.24, 2.45) is 0 Å². The van der Waals surface area contributed by atoms with E-state index in [9.17, 15) is 0 Å². The molecule has 0 spiro atoms. The van der Waals surface area contributed by atoms with Crippen molar-refractivity contribution in [3.63, 3.8) is 0 Å². The van der Waals surface area contributed by atoms with Crippen LogP contribution in [0.15, 0.2) is 48.5 Å². The average Bonchev–Trinajstić information content (AvgIpc) is 2.45. The first-order valence-corrected chi connectivity index (χ1v) is 7.58. The van der Waals surface area contributed by atoms with Crippen LogP contribution in [-0.2, 0) is 6.42 Å². The molecule has 0 aliphatic rings. The zero-order chi connectivity index (χ0) is 14.4. The Balaban J connectivity index is 1.77. The van der Waals surface area contributed by atoms with Gasteiger partial charge in [-0.2, -0.15) is 0 Å². The highest BCUT2D eigenvalue weighted by Crippen LogP contribution is 2.17. The van der Waals surface area contributed by atoms with Gasteiger partial charge in [0, 0.05) is 11.1 Å². The first-order valence-electron chi connectivity index (χ1n) is 7.20. The summed E-state index contributed by atoms with van der Waals surface area (Å²) in [6, 6.07) is 17.1. The smallest absolute Gasteiger partial charge is 0.0437 e. The summed E-state index contributed by atoms with van der Waals surface area (Å²) in [7, 11) is 0. The lowest BCUT2D eigenvalue weighted by atomic mass is 10.1. The van der Waals surface area contributed by atoms with Crippen LogP contribution in [0.4, 0.5) is 0 Å². The van der Waals surface area contributed by atoms with Crippen molar-refractivity contribution in [2.45, 2.75) is 32.7 Å². The van der Waals surface area contributed by atoms with Crippen LogP contribution in [0.25, 0.3) is 0 Å². The Bertz CT molecular complexity index is 551. The molecule has 1 N–H and O–H groups in total. The highest BCUT2D eigenvalue weighted by atomic mass is 35.5. The molecule has 2 heteroatoms. The summed E-state index contributed by atoms with van der Waals surface area (Å²) in [4.78, 5) is 0. The van der Waals surface area contributed by atoms with Crippen LogP contribution >= 0.6 is 11.6 Å². The molecule has 0 bridgehead atoms. The van der Waals surface area contributed by atoms with Crippen LogP contribution in [0.2, 0.25) is 5.02 Å². The van der Waals surface area contributed by atoms with Gasteiger partial charge in [-0.25, -0.2) is 0 Å². The molecule has 0 fully saturated rings. The summed E-state index contributed by atoms with van der Waals surface area (Å²) in [6.07, 6.45) is 2.12. The summed E-state index contributed by atoms with van der Waals surface area (Å²) >= 11 is 6.16. The summed E-state index contributed by atoms with van der Waals surface area (Å²) < 4.78 is 0. The fourth-order valence-corrected chi connectivity index (χ4v) is 2.59. The largest absolute Gasteiger partial charge is 0.310 e. The van der Waals surface area contributed by atoms with Gasteiger partial charge in [-0.3, -0.25) is 0 Å². The maximum Gasteiger partial charge on any atom is 0.0437 e. The fraction of sp³-hybridized carbons (Fsp3) is 0.333. The zero-order valence-electron chi connectivity index (χ0n) is 12.2. The summed E-state index contributed by atoms with van der Waals surface area (Å²) in [5, 5.41) is 4.45. The Labute approximate surface area is 127 Å².